The molecule has 13 heteroatoms. The predicted molar refractivity (Wildman–Crippen MR) is 143 cm³/mol. The third kappa shape index (κ3) is 13.2. The fourth-order valence-corrected chi connectivity index (χ4v) is 3.32. The normalized spacial score (nSPS) is 11.5. The number of anilines is 1. The Morgan fingerprint density at radius 2 is 1.43 bits per heavy atom. The monoisotopic (exact) mass is 568 g/mol. The number of hydrogen-bond acceptors (Lipinski definition) is 12. The van der Waals surface area contributed by atoms with Gasteiger partial charge in [0.2, 0.25) is 0 Å². The molecule has 0 aromatic heterocycles. The van der Waals surface area contributed by atoms with Crippen molar-refractivity contribution in [3.63, 3.8) is 0 Å². The maximum atomic E-state index is 12.3. The smallest absolute Gasteiger partial charge is 0.407 e. The second-order valence-electron chi connectivity index (χ2n) is 9.27. The van der Waals surface area contributed by atoms with Gasteiger partial charge in [-0.2, -0.15) is 0 Å². The quantitative estimate of drug-likeness (QED) is 0.244. The van der Waals surface area contributed by atoms with Crippen LogP contribution in [0, 0.1) is 0 Å². The minimum atomic E-state index is -0.965. The molecular formula is C27H40N2O11. The van der Waals surface area contributed by atoms with Gasteiger partial charge in [0, 0.05) is 6.92 Å². The van der Waals surface area contributed by atoms with Gasteiger partial charge in [0.1, 0.15) is 30.5 Å². The van der Waals surface area contributed by atoms with Gasteiger partial charge in [-0.05, 0) is 59.2 Å². The zero-order valence-electron chi connectivity index (χ0n) is 24.2. The van der Waals surface area contributed by atoms with E-state index < -0.39 is 48.3 Å². The maximum Gasteiger partial charge on any atom is 0.407 e. The molecule has 0 radical (unpaired) electrons. The first-order valence-electron chi connectivity index (χ1n) is 12.9. The van der Waals surface area contributed by atoms with Crippen molar-refractivity contribution in [2.45, 2.75) is 60.2 Å². The van der Waals surface area contributed by atoms with Crippen molar-refractivity contribution in [1.82, 2.24) is 5.32 Å². The number of carbonyl (C=O) groups is 5. The molecule has 0 fully saturated rings. The summed E-state index contributed by atoms with van der Waals surface area (Å²) in [7, 11) is 0. The van der Waals surface area contributed by atoms with Crippen LogP contribution in [0.3, 0.4) is 0 Å². The topological polar surface area (TPSA) is 156 Å². The van der Waals surface area contributed by atoms with E-state index in [1.54, 1.807) is 47.6 Å². The lowest BCUT2D eigenvalue weighted by molar-refractivity contribution is -0.147. The van der Waals surface area contributed by atoms with Gasteiger partial charge in [0.05, 0.1) is 32.1 Å². The molecule has 1 rings (SSSR count). The summed E-state index contributed by atoms with van der Waals surface area (Å²) in [6, 6.07) is 4.57. The number of hydrogen-bond donors (Lipinski definition) is 1. The largest absolute Gasteiger partial charge is 0.480 e. The number of carbonyl (C=O) groups excluding carboxylic acids is 5. The van der Waals surface area contributed by atoms with Crippen LogP contribution in [0.5, 0.6) is 5.75 Å². The van der Waals surface area contributed by atoms with Crippen LogP contribution in [0.2, 0.25) is 0 Å². The summed E-state index contributed by atoms with van der Waals surface area (Å²) in [4.78, 5) is 62.1. The van der Waals surface area contributed by atoms with Gasteiger partial charge in [-0.3, -0.25) is 14.4 Å². The maximum absolute atomic E-state index is 12.3. The highest BCUT2D eigenvalue weighted by atomic mass is 16.6. The minimum Gasteiger partial charge on any atom is -0.480 e. The molecule has 0 aliphatic rings. The molecule has 0 heterocycles. The molecule has 1 amide bonds. The number of nitrogens with zero attached hydrogens (tertiary/aromatic N) is 1. The van der Waals surface area contributed by atoms with Gasteiger partial charge in [0.25, 0.3) is 0 Å². The minimum absolute atomic E-state index is 0.0774. The first-order chi connectivity index (χ1) is 18.8. The Hall–Kier alpha value is -4.03. The van der Waals surface area contributed by atoms with E-state index >= 15 is 0 Å². The number of alkyl carbamates (subject to hydrolysis) is 1. The lowest BCUT2D eigenvalue weighted by Crippen LogP contribution is -2.37. The van der Waals surface area contributed by atoms with Crippen molar-refractivity contribution in [3.05, 3.63) is 23.8 Å². The molecule has 0 aliphatic heterocycles. The Balaban J connectivity index is 3.46. The highest BCUT2D eigenvalue weighted by Gasteiger charge is 2.25. The summed E-state index contributed by atoms with van der Waals surface area (Å²) < 4.78 is 31.4. The van der Waals surface area contributed by atoms with Gasteiger partial charge < -0.3 is 38.6 Å². The molecule has 0 aliphatic carbocycles. The molecule has 1 aromatic rings. The van der Waals surface area contributed by atoms with Gasteiger partial charge in [-0.25, -0.2) is 9.59 Å². The van der Waals surface area contributed by atoms with E-state index in [0.717, 1.165) is 0 Å². The summed E-state index contributed by atoms with van der Waals surface area (Å²) in [6.07, 6.45) is -1.68. The Bertz CT molecular complexity index is 1000. The van der Waals surface area contributed by atoms with Gasteiger partial charge in [0.15, 0.2) is 6.61 Å². The van der Waals surface area contributed by atoms with E-state index in [0.29, 0.717) is 5.56 Å². The molecule has 1 N–H and O–H groups in total. The lowest BCUT2D eigenvalue weighted by Gasteiger charge is -2.27. The van der Waals surface area contributed by atoms with Crippen molar-refractivity contribution in [1.29, 1.82) is 0 Å². The molecule has 224 valence electrons. The number of benzene rings is 1. The van der Waals surface area contributed by atoms with Crippen LogP contribution in [-0.4, -0.2) is 81.6 Å². The third-order valence-electron chi connectivity index (χ3n) is 4.74. The Morgan fingerprint density at radius 3 is 1.93 bits per heavy atom. The number of rotatable bonds is 15. The van der Waals surface area contributed by atoms with Crippen LogP contribution in [0.25, 0.3) is 0 Å². The Labute approximate surface area is 234 Å². The summed E-state index contributed by atoms with van der Waals surface area (Å²) in [5.74, 6) is -2.39. The van der Waals surface area contributed by atoms with Crippen molar-refractivity contribution >= 4 is 35.7 Å². The molecule has 0 bridgehead atoms. The highest BCUT2D eigenvalue weighted by molar-refractivity contribution is 5.83. The number of esters is 4. The van der Waals surface area contributed by atoms with Crippen LogP contribution >= 0.6 is 0 Å². The second kappa shape index (κ2) is 16.8. The van der Waals surface area contributed by atoms with E-state index in [2.05, 4.69) is 5.32 Å². The van der Waals surface area contributed by atoms with E-state index in [9.17, 15) is 24.0 Å². The third-order valence-corrected chi connectivity index (χ3v) is 4.74. The average molecular weight is 569 g/mol. The Morgan fingerprint density at radius 1 is 0.875 bits per heavy atom. The van der Waals surface area contributed by atoms with Gasteiger partial charge in [-0.15, -0.1) is 0 Å². The fraction of sp³-hybridized carbons (Fsp3) is 0.593. The SMILES string of the molecule is CCOC(=O)COc1cc(C(CNC(=O)OC(C)(C)C)OC(C)=O)ccc1N(CC(=O)OCC)CC(=O)OCC. The van der Waals surface area contributed by atoms with Crippen molar-refractivity contribution in [3.8, 4) is 5.75 Å². The van der Waals surface area contributed by atoms with Gasteiger partial charge >= 0.3 is 30.0 Å². The lowest BCUT2D eigenvalue weighted by atomic mass is 10.1. The molecule has 1 aromatic carbocycles. The van der Waals surface area contributed by atoms with E-state index in [1.807, 2.05) is 0 Å². The van der Waals surface area contributed by atoms with Gasteiger partial charge in [-0.1, -0.05) is 6.07 Å². The number of nitrogens with one attached hydrogen (secondary N) is 1. The summed E-state index contributed by atoms with van der Waals surface area (Å²) in [6.45, 7) is 10.4. The van der Waals surface area contributed by atoms with Crippen LogP contribution in [0.1, 0.15) is 60.1 Å². The average Bonchev–Trinajstić information content (AvgIpc) is 2.84. The van der Waals surface area contributed by atoms with E-state index in [-0.39, 0.29) is 50.9 Å². The van der Waals surface area contributed by atoms with E-state index in [4.69, 9.17) is 28.4 Å². The van der Waals surface area contributed by atoms with E-state index in [1.165, 1.54) is 24.0 Å². The molecular weight excluding hydrogens is 528 g/mol. The highest BCUT2D eigenvalue weighted by Crippen LogP contribution is 2.33. The molecule has 1 unspecified atom stereocenters. The molecule has 0 saturated heterocycles. The molecule has 40 heavy (non-hydrogen) atoms. The zero-order chi connectivity index (χ0) is 30.3. The second-order valence-corrected chi connectivity index (χ2v) is 9.27. The summed E-state index contributed by atoms with van der Waals surface area (Å²) >= 11 is 0. The zero-order valence-corrected chi connectivity index (χ0v) is 24.2. The summed E-state index contributed by atoms with van der Waals surface area (Å²) in [5.41, 5.74) is -0.0881. The molecule has 1 atom stereocenters. The standard InChI is InChI=1S/C27H40N2O11/c1-8-35-23(31)15-29(16-24(32)36-9-2)20-12-11-19(13-21(20)38-17-25(33)37-10-3)22(39-18(4)30)14-28-26(34)40-27(5,6)7/h11-13,22H,8-10,14-17H2,1-7H3,(H,28,34). The Kier molecular flexibility index (Phi) is 14.3. The van der Waals surface area contributed by atoms with Crippen molar-refractivity contribution in [2.24, 2.45) is 0 Å². The predicted octanol–water partition coefficient (Wildman–Crippen LogP) is 2.69. The van der Waals surface area contributed by atoms with Crippen LogP contribution in [0.4, 0.5) is 10.5 Å². The molecule has 0 spiro atoms. The molecule has 0 saturated carbocycles. The van der Waals surface area contributed by atoms with Crippen LogP contribution in [0.15, 0.2) is 18.2 Å². The number of amides is 1. The van der Waals surface area contributed by atoms with Crippen molar-refractivity contribution in [2.75, 3.05) is 51.0 Å². The van der Waals surface area contributed by atoms with Crippen LogP contribution in [-0.2, 0) is 42.9 Å². The molecule has 13 nitrogen and oxygen atoms in total. The fourth-order valence-electron chi connectivity index (χ4n) is 3.32. The van der Waals surface area contributed by atoms with Crippen molar-refractivity contribution < 1.29 is 52.4 Å². The summed E-state index contributed by atoms with van der Waals surface area (Å²) in [5, 5.41) is 2.56. The first kappa shape index (κ1) is 34.0. The number of ether oxygens (including phenoxy) is 6. The van der Waals surface area contributed by atoms with Crippen LogP contribution < -0.4 is 15.0 Å². The first-order valence-corrected chi connectivity index (χ1v) is 12.9.